The van der Waals surface area contributed by atoms with Crippen LogP contribution in [0.5, 0.6) is 0 Å². The highest BCUT2D eigenvalue weighted by atomic mass is 16.2. The lowest BCUT2D eigenvalue weighted by atomic mass is 10.1. The van der Waals surface area contributed by atoms with Gasteiger partial charge in [-0.05, 0) is 49.1 Å². The number of hydrogen-bond acceptors (Lipinski definition) is 3. The van der Waals surface area contributed by atoms with Gasteiger partial charge in [0.2, 0.25) is 11.8 Å². The molecule has 0 aliphatic carbocycles. The Bertz CT molecular complexity index is 920. The van der Waals surface area contributed by atoms with E-state index in [1.165, 1.54) is 4.90 Å². The van der Waals surface area contributed by atoms with Gasteiger partial charge in [0.25, 0.3) is 0 Å². The minimum absolute atomic E-state index is 0.0608. The molecule has 7 heteroatoms. The number of amides is 4. The molecule has 1 aliphatic heterocycles. The van der Waals surface area contributed by atoms with Crippen molar-refractivity contribution in [3.63, 3.8) is 0 Å². The van der Waals surface area contributed by atoms with Gasteiger partial charge in [0.15, 0.2) is 0 Å². The zero-order chi connectivity index (χ0) is 21.7. The van der Waals surface area contributed by atoms with E-state index >= 15 is 0 Å². The minimum Gasteiger partial charge on any atom is -0.338 e. The van der Waals surface area contributed by atoms with Crippen LogP contribution in [0.1, 0.15) is 29.5 Å². The van der Waals surface area contributed by atoms with Crippen LogP contribution in [-0.4, -0.2) is 47.8 Å². The lowest BCUT2D eigenvalue weighted by Gasteiger charge is -2.19. The summed E-state index contributed by atoms with van der Waals surface area (Å²) in [4.78, 5) is 39.7. The van der Waals surface area contributed by atoms with Crippen molar-refractivity contribution in [1.29, 1.82) is 0 Å². The van der Waals surface area contributed by atoms with Crippen LogP contribution >= 0.6 is 0 Å². The van der Waals surface area contributed by atoms with Crippen molar-refractivity contribution in [2.45, 2.75) is 33.2 Å². The first kappa shape index (κ1) is 21.4. The zero-order valence-corrected chi connectivity index (χ0v) is 17.7. The van der Waals surface area contributed by atoms with Gasteiger partial charge >= 0.3 is 6.03 Å². The Balaban J connectivity index is 1.51. The van der Waals surface area contributed by atoms with Crippen LogP contribution in [0.4, 0.5) is 16.2 Å². The van der Waals surface area contributed by atoms with Crippen LogP contribution in [0.15, 0.2) is 42.5 Å². The van der Waals surface area contributed by atoms with E-state index in [1.807, 2.05) is 49.1 Å². The Morgan fingerprint density at radius 2 is 1.70 bits per heavy atom. The Kier molecular flexibility index (Phi) is 6.72. The summed E-state index contributed by atoms with van der Waals surface area (Å²) in [6, 6.07) is 12.8. The summed E-state index contributed by atoms with van der Waals surface area (Å²) < 4.78 is 0. The summed E-state index contributed by atoms with van der Waals surface area (Å²) >= 11 is 0. The minimum atomic E-state index is -0.367. The van der Waals surface area contributed by atoms with Gasteiger partial charge in [0.05, 0.1) is 0 Å². The highest BCUT2D eigenvalue weighted by Gasteiger charge is 2.20. The third-order valence-corrected chi connectivity index (χ3v) is 5.22. The Morgan fingerprint density at radius 3 is 2.30 bits per heavy atom. The fraction of sp³-hybridized carbons (Fsp3) is 0.348. The number of nitrogens with zero attached hydrogens (tertiary/aromatic N) is 2. The van der Waals surface area contributed by atoms with Crippen molar-refractivity contribution in [2.75, 3.05) is 30.8 Å². The highest BCUT2D eigenvalue weighted by molar-refractivity contribution is 5.97. The number of rotatable bonds is 6. The van der Waals surface area contributed by atoms with Crippen molar-refractivity contribution >= 4 is 29.2 Å². The van der Waals surface area contributed by atoms with Crippen molar-refractivity contribution in [3.05, 3.63) is 59.2 Å². The summed E-state index contributed by atoms with van der Waals surface area (Å²) in [6.45, 7) is 5.19. The lowest BCUT2D eigenvalue weighted by Crippen LogP contribution is -2.37. The average Bonchev–Trinajstić information content (AvgIpc) is 3.11. The number of anilines is 2. The molecule has 1 aliphatic rings. The smallest absolute Gasteiger partial charge is 0.322 e. The van der Waals surface area contributed by atoms with E-state index in [-0.39, 0.29) is 24.4 Å². The van der Waals surface area contributed by atoms with Gasteiger partial charge in [-0.15, -0.1) is 0 Å². The molecule has 0 radical (unpaired) electrons. The Labute approximate surface area is 177 Å². The molecule has 0 bridgehead atoms. The van der Waals surface area contributed by atoms with E-state index in [4.69, 9.17) is 0 Å². The van der Waals surface area contributed by atoms with Crippen LogP contribution in [-0.2, 0) is 16.1 Å². The maximum absolute atomic E-state index is 12.4. The van der Waals surface area contributed by atoms with Crippen molar-refractivity contribution in [3.8, 4) is 0 Å². The fourth-order valence-electron chi connectivity index (χ4n) is 3.48. The maximum atomic E-state index is 12.4. The van der Waals surface area contributed by atoms with E-state index in [2.05, 4.69) is 10.6 Å². The molecule has 0 saturated carbocycles. The van der Waals surface area contributed by atoms with Crippen LogP contribution in [0, 0.1) is 13.8 Å². The molecule has 7 nitrogen and oxygen atoms in total. The summed E-state index contributed by atoms with van der Waals surface area (Å²) in [5.74, 6) is -0.0659. The monoisotopic (exact) mass is 408 g/mol. The molecular weight excluding hydrogens is 380 g/mol. The quantitative estimate of drug-likeness (QED) is 0.767. The number of para-hydroxylation sites is 1. The molecule has 3 rings (SSSR count). The third kappa shape index (κ3) is 5.37. The Morgan fingerprint density at radius 1 is 1.03 bits per heavy atom. The topological polar surface area (TPSA) is 81.8 Å². The first-order valence-electron chi connectivity index (χ1n) is 10.1. The number of benzene rings is 2. The molecule has 30 heavy (non-hydrogen) atoms. The number of urea groups is 1. The second kappa shape index (κ2) is 9.43. The molecule has 0 atom stereocenters. The summed E-state index contributed by atoms with van der Waals surface area (Å²) in [5, 5.41) is 5.67. The van der Waals surface area contributed by atoms with Gasteiger partial charge in [-0.25, -0.2) is 4.79 Å². The zero-order valence-electron chi connectivity index (χ0n) is 17.7. The third-order valence-electron chi connectivity index (χ3n) is 5.22. The van der Waals surface area contributed by atoms with E-state index in [0.29, 0.717) is 18.7 Å². The summed E-state index contributed by atoms with van der Waals surface area (Å²) in [6.07, 6.45) is 1.54. The predicted octanol–water partition coefficient (Wildman–Crippen LogP) is 3.53. The molecule has 0 unspecified atom stereocenters. The number of likely N-dealkylation sites (N-methyl/N-ethyl adjacent to an activating group) is 1. The van der Waals surface area contributed by atoms with Crippen LogP contribution in [0.2, 0.25) is 0 Å². The van der Waals surface area contributed by atoms with E-state index in [9.17, 15) is 14.4 Å². The van der Waals surface area contributed by atoms with Crippen LogP contribution < -0.4 is 10.6 Å². The molecule has 0 spiro atoms. The molecule has 1 heterocycles. The van der Waals surface area contributed by atoms with Crippen molar-refractivity contribution in [1.82, 2.24) is 9.80 Å². The van der Waals surface area contributed by atoms with Gasteiger partial charge in [-0.1, -0.05) is 30.3 Å². The van der Waals surface area contributed by atoms with Crippen molar-refractivity contribution < 1.29 is 14.4 Å². The van der Waals surface area contributed by atoms with E-state index < -0.39 is 0 Å². The predicted molar refractivity (Wildman–Crippen MR) is 117 cm³/mol. The Hall–Kier alpha value is -3.35. The average molecular weight is 409 g/mol. The van der Waals surface area contributed by atoms with Crippen molar-refractivity contribution in [2.24, 2.45) is 0 Å². The lowest BCUT2D eigenvalue weighted by molar-refractivity contribution is -0.128. The number of carbonyl (C=O) groups excluding carboxylic acids is 3. The van der Waals surface area contributed by atoms with Gasteiger partial charge in [0.1, 0.15) is 6.54 Å². The van der Waals surface area contributed by atoms with Gasteiger partial charge < -0.3 is 20.4 Å². The molecule has 2 aromatic carbocycles. The fourth-order valence-corrected chi connectivity index (χ4v) is 3.48. The number of nitrogens with one attached hydrogen (secondary N) is 2. The normalized spacial score (nSPS) is 13.3. The molecular formula is C23H28N4O3. The standard InChI is InChI=1S/C23H28N4O3/c1-16-6-4-7-17(2)22(16)25-20(28)15-26(3)23(30)24-19-11-9-18(10-12-19)14-27-13-5-8-21(27)29/h4,6-7,9-12H,5,8,13-15H2,1-3H3,(H,24,30)(H,25,28). The number of aryl methyl sites for hydroxylation is 2. The molecule has 0 aromatic heterocycles. The molecule has 158 valence electrons. The SMILES string of the molecule is Cc1cccc(C)c1NC(=O)CN(C)C(=O)Nc1ccc(CN2CCCC2=O)cc1. The van der Waals surface area contributed by atoms with Gasteiger partial charge in [0, 0.05) is 37.9 Å². The molecule has 1 fully saturated rings. The number of carbonyl (C=O) groups is 3. The molecule has 1 saturated heterocycles. The molecule has 4 amide bonds. The molecule has 2 N–H and O–H groups in total. The van der Waals surface area contributed by atoms with Crippen LogP contribution in [0.3, 0.4) is 0 Å². The van der Waals surface area contributed by atoms with E-state index in [1.54, 1.807) is 19.2 Å². The number of likely N-dealkylation sites (tertiary alicyclic amines) is 1. The van der Waals surface area contributed by atoms with Crippen LogP contribution in [0.25, 0.3) is 0 Å². The number of hydrogen-bond donors (Lipinski definition) is 2. The first-order valence-corrected chi connectivity index (χ1v) is 10.1. The highest BCUT2D eigenvalue weighted by Crippen LogP contribution is 2.19. The largest absolute Gasteiger partial charge is 0.338 e. The second-order valence-electron chi connectivity index (χ2n) is 7.72. The summed E-state index contributed by atoms with van der Waals surface area (Å²) in [5.41, 5.74) is 4.39. The van der Waals surface area contributed by atoms with Gasteiger partial charge in [-0.3, -0.25) is 9.59 Å². The summed E-state index contributed by atoms with van der Waals surface area (Å²) in [7, 11) is 1.58. The first-order chi connectivity index (χ1) is 14.3. The van der Waals surface area contributed by atoms with Gasteiger partial charge in [-0.2, -0.15) is 0 Å². The maximum Gasteiger partial charge on any atom is 0.322 e. The molecule has 2 aromatic rings. The van der Waals surface area contributed by atoms with E-state index in [0.717, 1.165) is 35.3 Å². The second-order valence-corrected chi connectivity index (χ2v) is 7.72.